The predicted molar refractivity (Wildman–Crippen MR) is 154 cm³/mol. The largest absolute Gasteiger partial charge is 0.307 e. The molecular formula is C32H26N2O3S2. The van der Waals surface area contributed by atoms with Gasteiger partial charge in [0.05, 0.1) is 22.5 Å². The van der Waals surface area contributed by atoms with Crippen molar-refractivity contribution in [3.63, 3.8) is 0 Å². The minimum atomic E-state index is -0.288. The number of carbonyl (C=O) groups is 2. The van der Waals surface area contributed by atoms with Gasteiger partial charge in [0, 0.05) is 16.0 Å². The lowest BCUT2D eigenvalue weighted by Crippen LogP contribution is -2.42. The van der Waals surface area contributed by atoms with Crippen molar-refractivity contribution in [1.29, 1.82) is 0 Å². The van der Waals surface area contributed by atoms with Crippen LogP contribution in [0, 0.1) is 36.5 Å². The number of nitrogens with zero attached hydrogens (tertiary/aromatic N) is 1. The Balaban J connectivity index is 1.15. The molecule has 3 aromatic carbocycles. The number of imide groups is 1. The maximum Gasteiger partial charge on any atom is 0.305 e. The van der Waals surface area contributed by atoms with Crippen molar-refractivity contribution in [3.05, 3.63) is 105 Å². The molecule has 2 saturated carbocycles. The molecule has 0 unspecified atom stereocenters. The van der Waals surface area contributed by atoms with Crippen LogP contribution in [-0.2, 0) is 9.59 Å². The first-order chi connectivity index (χ1) is 19.0. The van der Waals surface area contributed by atoms with E-state index in [0.717, 1.165) is 27.5 Å². The van der Waals surface area contributed by atoms with Crippen LogP contribution in [0.5, 0.6) is 0 Å². The average Bonchev–Trinajstić information content (AvgIpc) is 3.68. The Kier molecular flexibility index (Phi) is 5.14. The van der Waals surface area contributed by atoms with Crippen LogP contribution in [0.15, 0.2) is 88.7 Å². The van der Waals surface area contributed by atoms with E-state index in [0.29, 0.717) is 5.69 Å². The molecule has 1 aromatic heterocycles. The highest BCUT2D eigenvalue weighted by Gasteiger charge is 2.69. The molecule has 2 aliphatic heterocycles. The molecule has 0 spiro atoms. The molecule has 7 heteroatoms. The monoisotopic (exact) mass is 550 g/mol. The second-order valence-electron chi connectivity index (χ2n) is 11.3. The van der Waals surface area contributed by atoms with Crippen LogP contribution in [0.2, 0.25) is 0 Å². The molecule has 5 nitrogen and oxygen atoms in total. The molecule has 194 valence electrons. The van der Waals surface area contributed by atoms with Crippen molar-refractivity contribution in [2.24, 2.45) is 29.6 Å². The Morgan fingerprint density at radius 3 is 2.31 bits per heavy atom. The third kappa shape index (κ3) is 3.36. The van der Waals surface area contributed by atoms with E-state index in [1.54, 1.807) is 11.8 Å². The van der Waals surface area contributed by atoms with Crippen LogP contribution < -0.4 is 9.77 Å². The summed E-state index contributed by atoms with van der Waals surface area (Å²) in [6.07, 6.45) is 0.901. The van der Waals surface area contributed by atoms with E-state index in [2.05, 4.69) is 42.2 Å². The van der Waals surface area contributed by atoms with Gasteiger partial charge in [-0.05, 0) is 59.9 Å². The lowest BCUT2D eigenvalue weighted by atomic mass is 9.68. The minimum Gasteiger partial charge on any atom is -0.307 e. The SMILES string of the molecule is Cc1cccc(-c2ccc(N3C(=O)[C@@H]4[C@H]5C[C@H]([C@@H]6Sc7[nH]c(=O)sc7[C@@H](c7ccccc7)[C@H]56)[C@@H]4C3=O)cc2)c1. The number of hydrogen-bond acceptors (Lipinski definition) is 5. The number of nitrogens with one attached hydrogen (secondary N) is 1. The van der Waals surface area contributed by atoms with Crippen molar-refractivity contribution in [2.75, 3.05) is 4.90 Å². The van der Waals surface area contributed by atoms with Crippen molar-refractivity contribution >= 4 is 40.6 Å². The molecule has 2 amide bonds. The Hall–Kier alpha value is -3.42. The minimum absolute atomic E-state index is 0.0339. The highest BCUT2D eigenvalue weighted by atomic mass is 32.2. The van der Waals surface area contributed by atoms with E-state index in [-0.39, 0.29) is 57.4 Å². The Bertz CT molecular complexity index is 1690. The third-order valence-corrected chi connectivity index (χ3v) is 11.9. The summed E-state index contributed by atoms with van der Waals surface area (Å²) in [6, 6.07) is 26.5. The first kappa shape index (κ1) is 23.5. The van der Waals surface area contributed by atoms with Gasteiger partial charge in [-0.25, -0.2) is 0 Å². The number of carbonyl (C=O) groups excluding carboxylic acids is 2. The van der Waals surface area contributed by atoms with Gasteiger partial charge in [0.15, 0.2) is 0 Å². The normalized spacial score (nSPS) is 30.4. The van der Waals surface area contributed by atoms with Crippen LogP contribution in [0.4, 0.5) is 5.69 Å². The lowest BCUT2D eigenvalue weighted by Gasteiger charge is -2.43. The van der Waals surface area contributed by atoms with Gasteiger partial charge < -0.3 is 4.98 Å². The quantitative estimate of drug-likeness (QED) is 0.314. The Morgan fingerprint density at radius 2 is 1.56 bits per heavy atom. The second-order valence-corrected chi connectivity index (χ2v) is 13.5. The second kappa shape index (κ2) is 8.54. The van der Waals surface area contributed by atoms with Gasteiger partial charge >= 0.3 is 4.87 Å². The van der Waals surface area contributed by atoms with Gasteiger partial charge in [0.25, 0.3) is 0 Å². The van der Waals surface area contributed by atoms with E-state index < -0.39 is 0 Å². The number of anilines is 1. The van der Waals surface area contributed by atoms with E-state index in [9.17, 15) is 14.4 Å². The summed E-state index contributed by atoms with van der Waals surface area (Å²) in [5.41, 5.74) is 5.23. The van der Waals surface area contributed by atoms with Crippen LogP contribution in [0.3, 0.4) is 0 Å². The first-order valence-corrected chi connectivity index (χ1v) is 15.2. The molecule has 39 heavy (non-hydrogen) atoms. The molecule has 4 aliphatic rings. The number of H-pyrrole nitrogens is 1. The number of thioether (sulfide) groups is 1. The standard InChI is InChI=1S/C32H26N2O3S2/c1-16-6-5-9-19(14-16)17-10-12-20(13-11-17)34-30(35)25-21-15-22(26(25)31(34)36)27-24(21)23(18-7-3-2-4-8-18)28-29(38-27)33-32(37)39-28/h2-14,21-27H,15H2,1H3,(H,33,37)/t21-,22-,23-,24-,25+,26-,27-/m0/s1. The van der Waals surface area contributed by atoms with Gasteiger partial charge in [-0.1, -0.05) is 83.6 Å². The van der Waals surface area contributed by atoms with Gasteiger partial charge in [-0.2, -0.15) is 0 Å². The average molecular weight is 551 g/mol. The van der Waals surface area contributed by atoms with E-state index in [1.165, 1.54) is 27.4 Å². The maximum absolute atomic E-state index is 14.0. The highest BCUT2D eigenvalue weighted by molar-refractivity contribution is 8.00. The first-order valence-electron chi connectivity index (χ1n) is 13.5. The summed E-state index contributed by atoms with van der Waals surface area (Å²) in [7, 11) is 0. The van der Waals surface area contributed by atoms with Crippen molar-refractivity contribution < 1.29 is 9.59 Å². The molecule has 8 rings (SSSR count). The van der Waals surface area contributed by atoms with E-state index in [4.69, 9.17) is 0 Å². The lowest BCUT2D eigenvalue weighted by molar-refractivity contribution is -0.123. The smallest absolute Gasteiger partial charge is 0.305 e. The summed E-state index contributed by atoms with van der Waals surface area (Å²) in [4.78, 5) is 45.9. The van der Waals surface area contributed by atoms with Crippen LogP contribution in [-0.4, -0.2) is 22.0 Å². The molecule has 7 atom stereocenters. The molecule has 3 fully saturated rings. The Morgan fingerprint density at radius 1 is 0.821 bits per heavy atom. The molecule has 2 aliphatic carbocycles. The number of rotatable bonds is 3. The van der Waals surface area contributed by atoms with E-state index in [1.807, 2.05) is 48.5 Å². The highest BCUT2D eigenvalue weighted by Crippen LogP contribution is 2.68. The van der Waals surface area contributed by atoms with Gasteiger partial charge in [0.2, 0.25) is 11.8 Å². The number of fused-ring (bicyclic) bond motifs is 9. The van der Waals surface area contributed by atoms with Crippen molar-refractivity contribution in [3.8, 4) is 11.1 Å². The zero-order valence-electron chi connectivity index (χ0n) is 21.2. The summed E-state index contributed by atoms with van der Waals surface area (Å²) >= 11 is 3.03. The van der Waals surface area contributed by atoms with Crippen LogP contribution in [0.25, 0.3) is 11.1 Å². The Labute approximate surface area is 234 Å². The zero-order valence-corrected chi connectivity index (χ0v) is 22.9. The van der Waals surface area contributed by atoms with Gasteiger partial charge in [0.1, 0.15) is 0 Å². The molecule has 3 heterocycles. The molecule has 1 saturated heterocycles. The number of aromatic nitrogens is 1. The van der Waals surface area contributed by atoms with Crippen molar-refractivity contribution in [1.82, 2.24) is 4.98 Å². The summed E-state index contributed by atoms with van der Waals surface area (Å²) < 4.78 is 0. The summed E-state index contributed by atoms with van der Waals surface area (Å²) in [5.74, 6) is -0.127. The molecule has 1 N–H and O–H groups in total. The third-order valence-electron chi connectivity index (χ3n) is 9.36. The number of thiazole rings is 1. The fourth-order valence-electron chi connectivity index (χ4n) is 7.93. The van der Waals surface area contributed by atoms with Crippen LogP contribution in [0.1, 0.15) is 28.3 Å². The number of aryl methyl sites for hydroxylation is 1. The van der Waals surface area contributed by atoms with Gasteiger partial charge in [-0.3, -0.25) is 19.3 Å². The van der Waals surface area contributed by atoms with Crippen LogP contribution >= 0.6 is 23.1 Å². The number of aromatic amines is 1. The molecule has 0 radical (unpaired) electrons. The maximum atomic E-state index is 14.0. The fourth-order valence-corrected chi connectivity index (χ4v) is 10.8. The van der Waals surface area contributed by atoms with E-state index >= 15 is 0 Å². The molecule has 4 aromatic rings. The summed E-state index contributed by atoms with van der Waals surface area (Å²) in [6.45, 7) is 2.07. The number of hydrogen-bond donors (Lipinski definition) is 1. The number of benzene rings is 3. The topological polar surface area (TPSA) is 70.2 Å². The fraction of sp³-hybridized carbons (Fsp3) is 0.281. The summed E-state index contributed by atoms with van der Waals surface area (Å²) in [5, 5.41) is 1.16. The number of amides is 2. The van der Waals surface area contributed by atoms with Gasteiger partial charge in [-0.15, -0.1) is 11.8 Å². The van der Waals surface area contributed by atoms with Crippen molar-refractivity contribution in [2.45, 2.75) is 29.5 Å². The molecular weight excluding hydrogens is 524 g/mol. The zero-order chi connectivity index (χ0) is 26.4. The molecule has 2 bridgehead atoms. The predicted octanol–water partition coefficient (Wildman–Crippen LogP) is 6.09.